The standard InChI is InChI=1S/C26H35ClN6O5/c1-15-23(22(16(2)28)17(3)34)30-24(31-25(15)32-8-10-33(11-9-32)26(36)37-5)20-12-19(6-7-21(20)27)38-14-18(35)13-29-4/h6-7,12,18,28-29,34-35H,8-11,13-14H2,1-5H3/b22-17+,28-16?/t18-/m1/s1. The van der Waals surface area contributed by atoms with Crippen molar-refractivity contribution in [2.45, 2.75) is 26.9 Å². The Balaban J connectivity index is 2.08. The smallest absolute Gasteiger partial charge is 0.409 e. The predicted octanol–water partition coefficient (Wildman–Crippen LogP) is 3.28. The fourth-order valence-electron chi connectivity index (χ4n) is 4.28. The van der Waals surface area contributed by atoms with Gasteiger partial charge < -0.3 is 40.2 Å². The highest BCUT2D eigenvalue weighted by Crippen LogP contribution is 2.35. The van der Waals surface area contributed by atoms with Crippen LogP contribution in [-0.4, -0.2) is 96.5 Å². The lowest BCUT2D eigenvalue weighted by Crippen LogP contribution is -2.49. The van der Waals surface area contributed by atoms with Crippen molar-refractivity contribution < 1.29 is 24.5 Å². The maximum Gasteiger partial charge on any atom is 0.409 e. The van der Waals surface area contributed by atoms with Crippen molar-refractivity contribution in [3.8, 4) is 17.1 Å². The van der Waals surface area contributed by atoms with E-state index in [1.807, 2.05) is 11.8 Å². The van der Waals surface area contributed by atoms with Gasteiger partial charge in [-0.2, -0.15) is 0 Å². The molecule has 1 fully saturated rings. The minimum atomic E-state index is -0.688. The molecule has 0 saturated carbocycles. The third kappa shape index (κ3) is 6.72. The molecule has 2 aromatic rings. The Morgan fingerprint density at radius 2 is 1.92 bits per heavy atom. The first-order chi connectivity index (χ1) is 18.1. The Morgan fingerprint density at radius 1 is 1.24 bits per heavy atom. The van der Waals surface area contributed by atoms with Crippen LogP contribution in [0.5, 0.6) is 5.75 Å². The average Bonchev–Trinajstić information content (AvgIpc) is 2.88. The summed E-state index contributed by atoms with van der Waals surface area (Å²) in [5.41, 5.74) is 2.06. The molecule has 206 valence electrons. The number of carbonyl (C=O) groups is 1. The van der Waals surface area contributed by atoms with Gasteiger partial charge >= 0.3 is 6.09 Å². The van der Waals surface area contributed by atoms with E-state index in [1.165, 1.54) is 14.0 Å². The number of piperazine rings is 1. The van der Waals surface area contributed by atoms with Crippen LogP contribution in [-0.2, 0) is 4.74 Å². The van der Waals surface area contributed by atoms with Crippen LogP contribution in [0.25, 0.3) is 17.0 Å². The summed E-state index contributed by atoms with van der Waals surface area (Å²) in [5.74, 6) is 1.35. The van der Waals surface area contributed by atoms with Crippen LogP contribution in [0.3, 0.4) is 0 Å². The van der Waals surface area contributed by atoms with Crippen molar-refractivity contribution in [2.24, 2.45) is 0 Å². The number of allylic oxidation sites excluding steroid dienone is 2. The molecule has 0 bridgehead atoms. The van der Waals surface area contributed by atoms with E-state index in [4.69, 9.17) is 36.5 Å². The third-order valence-corrected chi connectivity index (χ3v) is 6.50. The van der Waals surface area contributed by atoms with E-state index < -0.39 is 6.10 Å². The first-order valence-corrected chi connectivity index (χ1v) is 12.6. The van der Waals surface area contributed by atoms with Gasteiger partial charge in [0.05, 0.1) is 23.4 Å². The van der Waals surface area contributed by atoms with Gasteiger partial charge in [0, 0.05) is 49.6 Å². The number of hydrogen-bond donors (Lipinski definition) is 4. The number of carbonyl (C=O) groups excluding carboxylic acids is 1. The van der Waals surface area contributed by atoms with Gasteiger partial charge in [0.25, 0.3) is 0 Å². The summed E-state index contributed by atoms with van der Waals surface area (Å²) in [5, 5.41) is 32.0. The van der Waals surface area contributed by atoms with Crippen LogP contribution in [0.2, 0.25) is 5.02 Å². The molecular weight excluding hydrogens is 512 g/mol. The summed E-state index contributed by atoms with van der Waals surface area (Å²) in [6.07, 6.45) is -1.07. The molecule has 1 saturated heterocycles. The van der Waals surface area contributed by atoms with Gasteiger partial charge in [-0.25, -0.2) is 14.8 Å². The van der Waals surface area contributed by atoms with E-state index in [2.05, 4.69) is 5.32 Å². The SMILES string of the molecule is CNC[C@@H](O)COc1ccc(Cl)c(-c2nc(/C(C(C)=N)=C(\C)O)c(C)c(N3CCN(C(=O)OC)CC3)n2)c1. The number of aromatic nitrogens is 2. The molecule has 1 amide bonds. The highest BCUT2D eigenvalue weighted by molar-refractivity contribution is 6.33. The first kappa shape index (κ1) is 29.2. The zero-order chi connectivity index (χ0) is 28.0. The van der Waals surface area contributed by atoms with Gasteiger partial charge in [0.2, 0.25) is 0 Å². The number of methoxy groups -OCH3 is 1. The third-order valence-electron chi connectivity index (χ3n) is 6.17. The Hall–Kier alpha value is -3.41. The van der Waals surface area contributed by atoms with E-state index in [0.29, 0.717) is 77.5 Å². The van der Waals surface area contributed by atoms with Crippen LogP contribution in [0.4, 0.5) is 10.6 Å². The lowest BCUT2D eigenvalue weighted by molar-refractivity contribution is 0.108. The van der Waals surface area contributed by atoms with Crippen molar-refractivity contribution in [1.82, 2.24) is 20.2 Å². The second-order valence-electron chi connectivity index (χ2n) is 9.04. The number of likely N-dealkylation sites (N-methyl/N-ethyl adjacent to an activating group) is 1. The quantitative estimate of drug-likeness (QED) is 0.275. The number of nitrogens with zero attached hydrogens (tertiary/aromatic N) is 4. The molecule has 4 N–H and O–H groups in total. The molecule has 1 aliphatic rings. The second-order valence-corrected chi connectivity index (χ2v) is 9.45. The first-order valence-electron chi connectivity index (χ1n) is 12.2. The Labute approximate surface area is 227 Å². The van der Waals surface area contributed by atoms with Crippen LogP contribution < -0.4 is 15.0 Å². The minimum absolute atomic E-state index is 0.0339. The zero-order valence-corrected chi connectivity index (χ0v) is 23.1. The summed E-state index contributed by atoms with van der Waals surface area (Å²) in [6.45, 7) is 7.33. The maximum atomic E-state index is 12.0. The normalized spacial score (nSPS) is 15.1. The Morgan fingerprint density at radius 3 is 2.50 bits per heavy atom. The van der Waals surface area contributed by atoms with E-state index in [9.17, 15) is 15.0 Å². The zero-order valence-electron chi connectivity index (χ0n) is 22.3. The Bertz CT molecular complexity index is 1210. The number of nitrogens with one attached hydrogen (secondary N) is 2. The summed E-state index contributed by atoms with van der Waals surface area (Å²) >= 11 is 6.58. The van der Waals surface area contributed by atoms with Gasteiger partial charge in [-0.05, 0) is 46.0 Å². The van der Waals surface area contributed by atoms with Gasteiger partial charge in [0.15, 0.2) is 5.82 Å². The fourth-order valence-corrected chi connectivity index (χ4v) is 4.48. The molecule has 12 heteroatoms. The van der Waals surface area contributed by atoms with E-state index >= 15 is 0 Å². The Kier molecular flexibility index (Phi) is 9.90. The summed E-state index contributed by atoms with van der Waals surface area (Å²) in [4.78, 5) is 25.2. The van der Waals surface area contributed by atoms with Crippen molar-refractivity contribution in [1.29, 1.82) is 5.41 Å². The molecule has 11 nitrogen and oxygen atoms in total. The van der Waals surface area contributed by atoms with Crippen molar-refractivity contribution >= 4 is 34.8 Å². The number of anilines is 1. The lowest BCUT2D eigenvalue weighted by atomic mass is 10.0. The predicted molar refractivity (Wildman–Crippen MR) is 147 cm³/mol. The number of ether oxygens (including phenoxy) is 2. The highest BCUT2D eigenvalue weighted by Gasteiger charge is 2.27. The van der Waals surface area contributed by atoms with Crippen LogP contribution >= 0.6 is 11.6 Å². The van der Waals surface area contributed by atoms with Crippen molar-refractivity contribution in [2.75, 3.05) is 58.4 Å². The molecule has 0 aliphatic carbocycles. The summed E-state index contributed by atoms with van der Waals surface area (Å²) in [7, 11) is 3.10. The van der Waals surface area contributed by atoms with Crippen LogP contribution in [0.15, 0.2) is 24.0 Å². The summed E-state index contributed by atoms with van der Waals surface area (Å²) in [6, 6.07) is 5.07. The molecule has 0 unspecified atom stereocenters. The van der Waals surface area contributed by atoms with Crippen molar-refractivity contribution in [3.63, 3.8) is 0 Å². The summed E-state index contributed by atoms with van der Waals surface area (Å²) < 4.78 is 10.6. The monoisotopic (exact) mass is 546 g/mol. The van der Waals surface area contributed by atoms with Crippen molar-refractivity contribution in [3.05, 3.63) is 40.2 Å². The molecule has 1 atom stereocenters. The number of aliphatic hydroxyl groups is 2. The number of rotatable bonds is 9. The van der Waals surface area contributed by atoms with Gasteiger partial charge in [-0.15, -0.1) is 0 Å². The van der Waals surface area contributed by atoms with Gasteiger partial charge in [-0.3, -0.25) is 0 Å². The lowest BCUT2D eigenvalue weighted by Gasteiger charge is -2.35. The minimum Gasteiger partial charge on any atom is -0.512 e. The number of benzene rings is 1. The molecule has 2 heterocycles. The molecule has 1 aromatic heterocycles. The van der Waals surface area contributed by atoms with E-state index in [0.717, 1.165) is 0 Å². The van der Waals surface area contributed by atoms with Crippen LogP contribution in [0.1, 0.15) is 25.1 Å². The fraction of sp³-hybridized carbons (Fsp3) is 0.462. The molecule has 0 spiro atoms. The maximum absolute atomic E-state index is 12.0. The number of amides is 1. The second kappa shape index (κ2) is 12.9. The van der Waals surface area contributed by atoms with E-state index in [1.54, 1.807) is 37.1 Å². The van der Waals surface area contributed by atoms with Crippen LogP contribution in [0, 0.1) is 12.3 Å². The highest BCUT2D eigenvalue weighted by atomic mass is 35.5. The number of hydrogen-bond acceptors (Lipinski definition) is 10. The van der Waals surface area contributed by atoms with E-state index in [-0.39, 0.29) is 24.2 Å². The van der Waals surface area contributed by atoms with Gasteiger partial charge in [-0.1, -0.05) is 11.6 Å². The molecule has 3 rings (SSSR count). The molecule has 38 heavy (non-hydrogen) atoms. The molecular formula is C26H35ClN6O5. The van der Waals surface area contributed by atoms with Gasteiger partial charge in [0.1, 0.15) is 30.0 Å². The topological polar surface area (TPSA) is 144 Å². The molecule has 1 aromatic carbocycles. The number of aliphatic hydroxyl groups excluding tert-OH is 2. The molecule has 0 radical (unpaired) electrons. The molecule has 1 aliphatic heterocycles. The number of halogens is 1. The average molecular weight is 547 g/mol. The largest absolute Gasteiger partial charge is 0.512 e.